The molecule has 1 heterocycles. The molecule has 0 saturated carbocycles. The molecule has 2 aromatic rings. The van der Waals surface area contributed by atoms with E-state index in [1.807, 2.05) is 42.5 Å². The Morgan fingerprint density at radius 1 is 0.900 bits per heavy atom. The van der Waals surface area contributed by atoms with E-state index in [1.165, 1.54) is 4.90 Å². The van der Waals surface area contributed by atoms with Crippen molar-refractivity contribution < 1.29 is 14.3 Å². The van der Waals surface area contributed by atoms with E-state index in [9.17, 15) is 9.59 Å². The molecule has 20 heavy (non-hydrogen) atoms. The van der Waals surface area contributed by atoms with Gasteiger partial charge in [0, 0.05) is 13.0 Å². The summed E-state index contributed by atoms with van der Waals surface area (Å²) in [6.07, 6.45) is 0.262. The fourth-order valence-corrected chi connectivity index (χ4v) is 2.18. The normalized spacial score (nSPS) is 14.7. The number of carbonyl (C=O) groups is 2. The summed E-state index contributed by atoms with van der Waals surface area (Å²) < 4.78 is 5.80. The highest BCUT2D eigenvalue weighted by Gasteiger charge is 2.31. The molecule has 1 saturated heterocycles. The van der Waals surface area contributed by atoms with Crippen molar-refractivity contribution in [2.24, 2.45) is 0 Å². The second-order valence-electron chi connectivity index (χ2n) is 4.51. The van der Waals surface area contributed by atoms with Gasteiger partial charge in [-0.05, 0) is 24.3 Å². The zero-order valence-corrected chi connectivity index (χ0v) is 10.8. The SMILES string of the molecule is O=C1CCN(c2ccccc2Oc2ccccc2)C1=O. The van der Waals surface area contributed by atoms with Crippen LogP contribution in [-0.4, -0.2) is 18.2 Å². The van der Waals surface area contributed by atoms with E-state index < -0.39 is 5.91 Å². The Labute approximate surface area is 116 Å². The first kappa shape index (κ1) is 12.4. The predicted molar refractivity (Wildman–Crippen MR) is 74.9 cm³/mol. The third kappa shape index (κ3) is 2.28. The zero-order chi connectivity index (χ0) is 13.9. The number of hydrogen-bond acceptors (Lipinski definition) is 3. The van der Waals surface area contributed by atoms with Crippen LogP contribution in [0.3, 0.4) is 0 Å². The van der Waals surface area contributed by atoms with E-state index >= 15 is 0 Å². The fraction of sp³-hybridized carbons (Fsp3) is 0.125. The number of para-hydroxylation sites is 3. The molecule has 1 aliphatic rings. The third-order valence-electron chi connectivity index (χ3n) is 3.17. The number of Topliss-reactive ketones (excluding diaryl/α,β-unsaturated/α-hetero) is 1. The average molecular weight is 267 g/mol. The molecule has 0 atom stereocenters. The quantitative estimate of drug-likeness (QED) is 0.803. The van der Waals surface area contributed by atoms with Gasteiger partial charge in [-0.3, -0.25) is 9.59 Å². The van der Waals surface area contributed by atoms with Crippen LogP contribution in [0.4, 0.5) is 5.69 Å². The molecule has 1 amide bonds. The van der Waals surface area contributed by atoms with Crippen LogP contribution in [0.25, 0.3) is 0 Å². The Kier molecular flexibility index (Phi) is 3.21. The standard InChI is InChI=1S/C16H13NO3/c18-14-10-11-17(16(14)19)13-8-4-5-9-15(13)20-12-6-2-1-3-7-12/h1-9H,10-11H2. The van der Waals surface area contributed by atoms with Gasteiger partial charge in [-0.1, -0.05) is 30.3 Å². The highest BCUT2D eigenvalue weighted by molar-refractivity contribution is 6.43. The lowest BCUT2D eigenvalue weighted by molar-refractivity contribution is -0.133. The molecule has 100 valence electrons. The molecule has 1 fully saturated rings. The molecule has 2 aromatic carbocycles. The number of anilines is 1. The summed E-state index contributed by atoms with van der Waals surface area (Å²) in [4.78, 5) is 24.7. The molecular weight excluding hydrogens is 254 g/mol. The fourth-order valence-electron chi connectivity index (χ4n) is 2.18. The van der Waals surface area contributed by atoms with Crippen LogP contribution >= 0.6 is 0 Å². The molecule has 0 unspecified atom stereocenters. The second kappa shape index (κ2) is 5.17. The summed E-state index contributed by atoms with van der Waals surface area (Å²) in [6.45, 7) is 0.410. The van der Waals surface area contributed by atoms with Crippen LogP contribution < -0.4 is 9.64 Å². The number of rotatable bonds is 3. The van der Waals surface area contributed by atoms with E-state index in [2.05, 4.69) is 0 Å². The van der Waals surface area contributed by atoms with Gasteiger partial charge in [0.15, 0.2) is 5.75 Å². The van der Waals surface area contributed by atoms with E-state index in [0.717, 1.165) is 0 Å². The number of benzene rings is 2. The average Bonchev–Trinajstić information content (AvgIpc) is 2.81. The second-order valence-corrected chi connectivity index (χ2v) is 4.51. The summed E-state index contributed by atoms with van der Waals surface area (Å²) in [5.41, 5.74) is 0.632. The number of carbonyl (C=O) groups excluding carboxylic acids is 2. The van der Waals surface area contributed by atoms with Crippen LogP contribution in [0.5, 0.6) is 11.5 Å². The van der Waals surface area contributed by atoms with Crippen LogP contribution in [0.1, 0.15) is 6.42 Å². The van der Waals surface area contributed by atoms with Gasteiger partial charge >= 0.3 is 0 Å². The number of nitrogens with zero attached hydrogens (tertiary/aromatic N) is 1. The molecule has 4 heteroatoms. The number of ether oxygens (including phenoxy) is 1. The Bertz CT molecular complexity index is 652. The van der Waals surface area contributed by atoms with E-state index in [0.29, 0.717) is 23.7 Å². The Morgan fingerprint density at radius 3 is 2.30 bits per heavy atom. The number of hydrogen-bond donors (Lipinski definition) is 0. The topological polar surface area (TPSA) is 46.6 Å². The van der Waals surface area contributed by atoms with Gasteiger partial charge in [0.2, 0.25) is 5.78 Å². The van der Waals surface area contributed by atoms with Crippen molar-refractivity contribution in [3.8, 4) is 11.5 Å². The molecular formula is C16H13NO3. The highest BCUT2D eigenvalue weighted by Crippen LogP contribution is 2.33. The molecule has 0 aromatic heterocycles. The minimum Gasteiger partial charge on any atom is -0.455 e. The van der Waals surface area contributed by atoms with Gasteiger partial charge in [0.1, 0.15) is 5.75 Å². The smallest absolute Gasteiger partial charge is 0.294 e. The van der Waals surface area contributed by atoms with Gasteiger partial charge in [-0.2, -0.15) is 0 Å². The van der Waals surface area contributed by atoms with Crippen molar-refractivity contribution in [3.63, 3.8) is 0 Å². The van der Waals surface area contributed by atoms with E-state index in [-0.39, 0.29) is 12.2 Å². The van der Waals surface area contributed by atoms with Crippen molar-refractivity contribution >= 4 is 17.4 Å². The predicted octanol–water partition coefficient (Wildman–Crippen LogP) is 2.78. The van der Waals surface area contributed by atoms with Gasteiger partial charge in [0.05, 0.1) is 5.69 Å². The lowest BCUT2D eigenvalue weighted by Crippen LogP contribution is -2.27. The molecule has 0 bridgehead atoms. The molecule has 0 aliphatic carbocycles. The molecule has 0 N–H and O–H groups in total. The van der Waals surface area contributed by atoms with Gasteiger partial charge in [-0.25, -0.2) is 0 Å². The molecule has 4 nitrogen and oxygen atoms in total. The minimum absolute atomic E-state index is 0.262. The molecule has 0 spiro atoms. The maximum atomic E-state index is 11.8. The van der Waals surface area contributed by atoms with Crippen LogP contribution in [0.2, 0.25) is 0 Å². The summed E-state index contributed by atoms with van der Waals surface area (Å²) >= 11 is 0. The van der Waals surface area contributed by atoms with Gasteiger partial charge in [-0.15, -0.1) is 0 Å². The first-order chi connectivity index (χ1) is 9.75. The van der Waals surface area contributed by atoms with E-state index in [4.69, 9.17) is 4.74 Å². The van der Waals surface area contributed by atoms with Crippen LogP contribution in [-0.2, 0) is 9.59 Å². The summed E-state index contributed by atoms with van der Waals surface area (Å²) in [5.74, 6) is 0.452. The summed E-state index contributed by atoms with van der Waals surface area (Å²) in [6, 6.07) is 16.6. The van der Waals surface area contributed by atoms with Crippen molar-refractivity contribution in [3.05, 3.63) is 54.6 Å². The monoisotopic (exact) mass is 267 g/mol. The zero-order valence-electron chi connectivity index (χ0n) is 10.8. The van der Waals surface area contributed by atoms with Crippen LogP contribution in [0, 0.1) is 0 Å². The highest BCUT2D eigenvalue weighted by atomic mass is 16.5. The van der Waals surface area contributed by atoms with Gasteiger partial charge < -0.3 is 9.64 Å². The van der Waals surface area contributed by atoms with Crippen molar-refractivity contribution in [2.45, 2.75) is 6.42 Å². The molecule has 1 aliphatic heterocycles. The van der Waals surface area contributed by atoms with E-state index in [1.54, 1.807) is 12.1 Å². The largest absolute Gasteiger partial charge is 0.455 e. The maximum absolute atomic E-state index is 11.8. The number of ketones is 1. The van der Waals surface area contributed by atoms with Crippen molar-refractivity contribution in [1.29, 1.82) is 0 Å². The maximum Gasteiger partial charge on any atom is 0.294 e. The van der Waals surface area contributed by atoms with Crippen molar-refractivity contribution in [2.75, 3.05) is 11.4 Å². The van der Waals surface area contributed by atoms with Gasteiger partial charge in [0.25, 0.3) is 5.91 Å². The number of amides is 1. The molecule has 0 radical (unpaired) electrons. The summed E-state index contributed by atoms with van der Waals surface area (Å²) in [5, 5.41) is 0. The Morgan fingerprint density at radius 2 is 1.60 bits per heavy atom. The Balaban J connectivity index is 1.93. The summed E-state index contributed by atoms with van der Waals surface area (Å²) in [7, 11) is 0. The van der Waals surface area contributed by atoms with Crippen LogP contribution in [0.15, 0.2) is 54.6 Å². The first-order valence-electron chi connectivity index (χ1n) is 6.42. The minimum atomic E-state index is -0.464. The van der Waals surface area contributed by atoms with Crippen molar-refractivity contribution in [1.82, 2.24) is 0 Å². The Hall–Kier alpha value is -2.62. The third-order valence-corrected chi connectivity index (χ3v) is 3.17. The molecule has 3 rings (SSSR count). The lowest BCUT2D eigenvalue weighted by atomic mass is 10.2. The lowest BCUT2D eigenvalue weighted by Gasteiger charge is -2.18. The first-order valence-corrected chi connectivity index (χ1v) is 6.42.